The molecule has 0 aliphatic rings. The third-order valence-electron chi connectivity index (χ3n) is 3.79. The minimum Gasteiger partial charge on any atom is -0.323 e. The van der Waals surface area contributed by atoms with E-state index in [1.807, 2.05) is 49.4 Å². The van der Waals surface area contributed by atoms with Gasteiger partial charge in [-0.3, -0.25) is 0 Å². The van der Waals surface area contributed by atoms with Crippen LogP contribution in [0, 0.1) is 6.92 Å². The van der Waals surface area contributed by atoms with E-state index in [9.17, 15) is 4.79 Å². The molecule has 0 unspecified atom stereocenters. The number of amides is 2. The first kappa shape index (κ1) is 16.9. The summed E-state index contributed by atoms with van der Waals surface area (Å²) in [7, 11) is 1.72. The third-order valence-corrected chi connectivity index (χ3v) is 4.16. The van der Waals surface area contributed by atoms with E-state index in [0.717, 1.165) is 16.8 Å². The van der Waals surface area contributed by atoms with Crippen molar-refractivity contribution in [1.82, 2.24) is 25.1 Å². The van der Waals surface area contributed by atoms with Crippen LogP contribution in [0.5, 0.6) is 0 Å². The Labute approximate surface area is 150 Å². The number of tetrazole rings is 1. The largest absolute Gasteiger partial charge is 0.323 e. The molecule has 0 aliphatic heterocycles. The number of hydrogen-bond acceptors (Lipinski definition) is 4. The molecule has 2 amide bonds. The van der Waals surface area contributed by atoms with Crippen molar-refractivity contribution in [2.45, 2.75) is 13.5 Å². The molecular formula is C17H17ClN6O. The summed E-state index contributed by atoms with van der Waals surface area (Å²) in [4.78, 5) is 14.1. The van der Waals surface area contributed by atoms with Crippen LogP contribution in [-0.4, -0.2) is 38.2 Å². The van der Waals surface area contributed by atoms with Crippen LogP contribution in [0.25, 0.3) is 5.69 Å². The van der Waals surface area contributed by atoms with E-state index < -0.39 is 0 Å². The number of carbonyl (C=O) groups is 1. The van der Waals surface area contributed by atoms with Crippen molar-refractivity contribution >= 4 is 23.3 Å². The maximum Gasteiger partial charge on any atom is 0.321 e. The number of anilines is 1. The second-order valence-electron chi connectivity index (χ2n) is 5.63. The molecule has 8 heteroatoms. The number of aryl methyl sites for hydroxylation is 1. The van der Waals surface area contributed by atoms with Gasteiger partial charge in [-0.1, -0.05) is 35.9 Å². The van der Waals surface area contributed by atoms with E-state index in [-0.39, 0.29) is 6.03 Å². The number of benzene rings is 2. The zero-order chi connectivity index (χ0) is 17.8. The fourth-order valence-electron chi connectivity index (χ4n) is 2.33. The number of aromatic nitrogens is 4. The second-order valence-corrected chi connectivity index (χ2v) is 6.04. The van der Waals surface area contributed by atoms with Gasteiger partial charge < -0.3 is 10.2 Å². The van der Waals surface area contributed by atoms with Gasteiger partial charge in [0.15, 0.2) is 0 Å². The van der Waals surface area contributed by atoms with E-state index in [0.29, 0.717) is 17.3 Å². The molecule has 128 valence electrons. The number of hydrogen-bond donors (Lipinski definition) is 1. The predicted octanol–water partition coefficient (Wildman–Crippen LogP) is 3.29. The lowest BCUT2D eigenvalue weighted by atomic mass is 10.2. The van der Waals surface area contributed by atoms with Crippen molar-refractivity contribution in [3.8, 4) is 5.69 Å². The Morgan fingerprint density at radius 1 is 1.28 bits per heavy atom. The summed E-state index contributed by atoms with van der Waals surface area (Å²) < 4.78 is 1.53. The van der Waals surface area contributed by atoms with Crippen LogP contribution < -0.4 is 5.32 Å². The summed E-state index contributed by atoms with van der Waals surface area (Å²) >= 11 is 6.16. The van der Waals surface area contributed by atoms with Crippen molar-refractivity contribution in [3.05, 3.63) is 64.9 Å². The molecule has 3 rings (SSSR count). The first-order valence-electron chi connectivity index (χ1n) is 7.64. The van der Waals surface area contributed by atoms with Crippen molar-refractivity contribution in [1.29, 1.82) is 0 Å². The summed E-state index contributed by atoms with van der Waals surface area (Å²) in [6, 6.07) is 12.9. The van der Waals surface area contributed by atoms with Gasteiger partial charge in [0.25, 0.3) is 0 Å². The average Bonchev–Trinajstić information content (AvgIpc) is 3.13. The van der Waals surface area contributed by atoms with Gasteiger partial charge in [0, 0.05) is 24.3 Å². The first-order valence-corrected chi connectivity index (χ1v) is 8.02. The molecule has 0 fully saturated rings. The standard InChI is InChI=1S/C17H17ClN6O/c1-12-7-8-14(24-11-19-21-22-24)9-16(12)20-17(25)23(2)10-13-5-3-4-6-15(13)18/h3-9,11H,10H2,1-2H3,(H,20,25). The zero-order valence-electron chi connectivity index (χ0n) is 13.8. The molecule has 0 saturated carbocycles. The quantitative estimate of drug-likeness (QED) is 0.778. The number of urea groups is 1. The highest BCUT2D eigenvalue weighted by atomic mass is 35.5. The Kier molecular flexibility index (Phi) is 4.95. The lowest BCUT2D eigenvalue weighted by molar-refractivity contribution is 0.220. The summed E-state index contributed by atoms with van der Waals surface area (Å²) in [6.07, 6.45) is 1.50. The Hall–Kier alpha value is -2.93. The molecule has 3 aromatic rings. The highest BCUT2D eigenvalue weighted by molar-refractivity contribution is 6.31. The molecule has 7 nitrogen and oxygen atoms in total. The lowest BCUT2D eigenvalue weighted by Crippen LogP contribution is -2.31. The minimum absolute atomic E-state index is 0.225. The lowest BCUT2D eigenvalue weighted by Gasteiger charge is -2.20. The predicted molar refractivity (Wildman–Crippen MR) is 95.8 cm³/mol. The van der Waals surface area contributed by atoms with Gasteiger partial charge >= 0.3 is 6.03 Å². The van der Waals surface area contributed by atoms with Gasteiger partial charge in [0.05, 0.1) is 5.69 Å². The highest BCUT2D eigenvalue weighted by Gasteiger charge is 2.13. The number of nitrogens with one attached hydrogen (secondary N) is 1. The summed E-state index contributed by atoms with van der Waals surface area (Å²) in [5, 5.41) is 14.6. The van der Waals surface area contributed by atoms with Gasteiger partial charge in [-0.15, -0.1) is 5.10 Å². The zero-order valence-corrected chi connectivity index (χ0v) is 14.6. The van der Waals surface area contributed by atoms with Crippen LogP contribution in [0.2, 0.25) is 5.02 Å². The van der Waals surface area contributed by atoms with Crippen molar-refractivity contribution in [2.75, 3.05) is 12.4 Å². The van der Waals surface area contributed by atoms with Gasteiger partial charge in [0.1, 0.15) is 6.33 Å². The average molecular weight is 357 g/mol. The molecule has 0 bridgehead atoms. The monoisotopic (exact) mass is 356 g/mol. The van der Waals surface area contributed by atoms with Crippen LogP contribution in [0.4, 0.5) is 10.5 Å². The Bertz CT molecular complexity index is 881. The van der Waals surface area contributed by atoms with E-state index in [4.69, 9.17) is 11.6 Å². The van der Waals surface area contributed by atoms with E-state index in [1.54, 1.807) is 11.9 Å². The number of nitrogens with zero attached hydrogens (tertiary/aromatic N) is 5. The molecule has 0 spiro atoms. The van der Waals surface area contributed by atoms with E-state index in [1.165, 1.54) is 11.0 Å². The molecule has 0 aliphatic carbocycles. The van der Waals surface area contributed by atoms with E-state index >= 15 is 0 Å². The Morgan fingerprint density at radius 3 is 2.80 bits per heavy atom. The summed E-state index contributed by atoms with van der Waals surface area (Å²) in [6.45, 7) is 2.34. The summed E-state index contributed by atoms with van der Waals surface area (Å²) in [5.41, 5.74) is 3.29. The Morgan fingerprint density at radius 2 is 2.08 bits per heavy atom. The maximum absolute atomic E-state index is 12.5. The maximum atomic E-state index is 12.5. The van der Waals surface area contributed by atoms with Gasteiger partial charge in [-0.2, -0.15) is 0 Å². The number of halogens is 1. The van der Waals surface area contributed by atoms with Gasteiger partial charge in [-0.05, 0) is 46.7 Å². The van der Waals surface area contributed by atoms with Crippen LogP contribution in [-0.2, 0) is 6.54 Å². The molecule has 1 heterocycles. The van der Waals surface area contributed by atoms with Crippen LogP contribution in [0.15, 0.2) is 48.8 Å². The number of rotatable bonds is 4. The topological polar surface area (TPSA) is 75.9 Å². The molecular weight excluding hydrogens is 340 g/mol. The van der Waals surface area contributed by atoms with Crippen LogP contribution in [0.3, 0.4) is 0 Å². The number of carbonyl (C=O) groups excluding carboxylic acids is 1. The molecule has 2 aromatic carbocycles. The van der Waals surface area contributed by atoms with Gasteiger partial charge in [-0.25, -0.2) is 9.48 Å². The van der Waals surface area contributed by atoms with E-state index in [2.05, 4.69) is 20.8 Å². The van der Waals surface area contributed by atoms with Crippen LogP contribution >= 0.6 is 11.6 Å². The van der Waals surface area contributed by atoms with Gasteiger partial charge in [0.2, 0.25) is 0 Å². The highest BCUT2D eigenvalue weighted by Crippen LogP contribution is 2.20. The third kappa shape index (κ3) is 3.95. The molecule has 1 N–H and O–H groups in total. The molecule has 0 radical (unpaired) electrons. The molecule has 25 heavy (non-hydrogen) atoms. The smallest absolute Gasteiger partial charge is 0.321 e. The van der Waals surface area contributed by atoms with Crippen molar-refractivity contribution in [2.24, 2.45) is 0 Å². The second kappa shape index (κ2) is 7.31. The first-order chi connectivity index (χ1) is 12.0. The SMILES string of the molecule is Cc1ccc(-n2cnnn2)cc1NC(=O)N(C)Cc1ccccc1Cl. The molecule has 1 aromatic heterocycles. The summed E-state index contributed by atoms with van der Waals surface area (Å²) in [5.74, 6) is 0. The van der Waals surface area contributed by atoms with Crippen molar-refractivity contribution in [3.63, 3.8) is 0 Å². The molecule has 0 atom stereocenters. The van der Waals surface area contributed by atoms with Crippen molar-refractivity contribution < 1.29 is 4.79 Å². The fraction of sp³-hybridized carbons (Fsp3) is 0.176. The Balaban J connectivity index is 1.74. The van der Waals surface area contributed by atoms with Crippen LogP contribution in [0.1, 0.15) is 11.1 Å². The minimum atomic E-state index is -0.225. The normalized spacial score (nSPS) is 10.5. The molecule has 0 saturated heterocycles. The fourth-order valence-corrected chi connectivity index (χ4v) is 2.53.